The molecule has 0 spiro atoms. The first kappa shape index (κ1) is 84.4. The standard InChI is InChI=1S/C78H136NO8P/c1-6-8-10-12-14-16-18-20-22-24-26-28-30-32-34-36-37-38-39-40-41-43-45-47-49-51-53-55-57-59-61-63-65-67-69-71-78(81)87-76(75-86-88(82,83)85-73-72-79(3,4)5)74-84-77(80)70-68-66-64-62-60-58-56-54-52-50-48-46-44-42-35-33-31-29-27-25-23-21-19-17-15-13-11-9-7-2/h8-11,14-17,20-23,26-29,32-35,76H,6-7,12-13,18-19,24-25,30-31,36-75H2,1-5H3/b10-8-,11-9-,16-14-,17-15-,22-20-,23-21-,28-26-,29-27-,34-32-,35-33-. The first-order valence-corrected chi connectivity index (χ1v) is 37.7. The summed E-state index contributed by atoms with van der Waals surface area (Å²) >= 11 is 0. The summed E-state index contributed by atoms with van der Waals surface area (Å²) in [6.45, 7) is 4.04. The zero-order valence-corrected chi connectivity index (χ0v) is 58.5. The minimum absolute atomic E-state index is 0.0339. The molecule has 506 valence electrons. The molecule has 0 heterocycles. The van der Waals surface area contributed by atoms with E-state index in [1.165, 1.54) is 173 Å². The molecule has 0 rings (SSSR count). The zero-order valence-electron chi connectivity index (χ0n) is 57.6. The fourth-order valence-electron chi connectivity index (χ4n) is 10.0. The lowest BCUT2D eigenvalue weighted by molar-refractivity contribution is -0.870. The molecule has 0 aliphatic heterocycles. The summed E-state index contributed by atoms with van der Waals surface area (Å²) in [4.78, 5) is 38.1. The number of nitrogens with zero attached hydrogens (tertiary/aromatic N) is 1. The maximum absolute atomic E-state index is 12.9. The summed E-state index contributed by atoms with van der Waals surface area (Å²) in [5, 5.41) is 0. The number of unbranched alkanes of at least 4 members (excludes halogenated alkanes) is 32. The summed E-state index contributed by atoms with van der Waals surface area (Å²) in [7, 11) is 1.17. The number of hydrogen-bond donors (Lipinski definition) is 0. The van der Waals surface area contributed by atoms with Crippen LogP contribution in [0.3, 0.4) is 0 Å². The third-order valence-electron chi connectivity index (χ3n) is 15.5. The predicted octanol–water partition coefficient (Wildman–Crippen LogP) is 23.2. The van der Waals surface area contributed by atoms with Gasteiger partial charge in [0.1, 0.15) is 19.8 Å². The monoisotopic (exact) mass is 1250 g/mol. The number of rotatable bonds is 66. The van der Waals surface area contributed by atoms with Gasteiger partial charge in [0, 0.05) is 12.8 Å². The molecular weight excluding hydrogens is 1110 g/mol. The molecule has 0 N–H and O–H groups in total. The van der Waals surface area contributed by atoms with Gasteiger partial charge in [-0.15, -0.1) is 0 Å². The number of ether oxygens (including phenoxy) is 2. The second-order valence-electron chi connectivity index (χ2n) is 25.2. The van der Waals surface area contributed by atoms with Crippen molar-refractivity contribution in [2.24, 2.45) is 0 Å². The van der Waals surface area contributed by atoms with E-state index in [9.17, 15) is 19.0 Å². The molecule has 9 nitrogen and oxygen atoms in total. The van der Waals surface area contributed by atoms with Crippen LogP contribution in [0.15, 0.2) is 122 Å². The lowest BCUT2D eigenvalue weighted by Gasteiger charge is -2.28. The number of allylic oxidation sites excluding steroid dienone is 20. The smallest absolute Gasteiger partial charge is 0.306 e. The molecule has 2 unspecified atom stereocenters. The first-order valence-electron chi connectivity index (χ1n) is 36.2. The van der Waals surface area contributed by atoms with E-state index in [1.807, 2.05) is 21.1 Å². The van der Waals surface area contributed by atoms with Gasteiger partial charge >= 0.3 is 11.9 Å². The quantitative estimate of drug-likeness (QED) is 0.0195. The third-order valence-corrected chi connectivity index (χ3v) is 16.4. The van der Waals surface area contributed by atoms with E-state index < -0.39 is 26.5 Å². The van der Waals surface area contributed by atoms with Gasteiger partial charge in [0.25, 0.3) is 7.82 Å². The second kappa shape index (κ2) is 67.8. The molecule has 0 aliphatic rings. The molecule has 0 aromatic rings. The van der Waals surface area contributed by atoms with Gasteiger partial charge in [-0.3, -0.25) is 14.2 Å². The van der Waals surface area contributed by atoms with Crippen LogP contribution in [0.2, 0.25) is 0 Å². The van der Waals surface area contributed by atoms with Gasteiger partial charge < -0.3 is 27.9 Å². The van der Waals surface area contributed by atoms with Crippen molar-refractivity contribution in [2.45, 2.75) is 315 Å². The van der Waals surface area contributed by atoms with Gasteiger partial charge in [0.15, 0.2) is 6.10 Å². The summed E-state index contributed by atoms with van der Waals surface area (Å²) < 4.78 is 34.4. The van der Waals surface area contributed by atoms with Gasteiger partial charge in [0.05, 0.1) is 27.7 Å². The number of carbonyl (C=O) groups is 2. The minimum Gasteiger partial charge on any atom is -0.756 e. The average molecular weight is 1250 g/mol. The molecule has 0 bridgehead atoms. The van der Waals surface area contributed by atoms with Crippen LogP contribution >= 0.6 is 7.82 Å². The maximum atomic E-state index is 12.9. The number of phosphoric acid groups is 1. The molecule has 0 aromatic heterocycles. The number of esters is 2. The Labute approximate surface area is 543 Å². The summed E-state index contributed by atoms with van der Waals surface area (Å²) in [5.41, 5.74) is 0. The molecule has 0 fully saturated rings. The molecule has 0 aliphatic carbocycles. The van der Waals surface area contributed by atoms with Crippen molar-refractivity contribution >= 4 is 19.8 Å². The van der Waals surface area contributed by atoms with E-state index >= 15 is 0 Å². The first-order chi connectivity index (χ1) is 43.0. The van der Waals surface area contributed by atoms with Gasteiger partial charge in [-0.1, -0.05) is 315 Å². The summed E-state index contributed by atoms with van der Waals surface area (Å²) in [5.74, 6) is -0.828. The molecule has 0 amide bonds. The van der Waals surface area contributed by atoms with Crippen molar-refractivity contribution < 1.29 is 42.1 Å². The average Bonchev–Trinajstić information content (AvgIpc) is 3.57. The summed E-state index contributed by atoms with van der Waals surface area (Å²) in [6.07, 6.45) is 97.1. The van der Waals surface area contributed by atoms with Crippen LogP contribution in [-0.2, 0) is 32.7 Å². The van der Waals surface area contributed by atoms with Crippen molar-refractivity contribution in [3.05, 3.63) is 122 Å². The van der Waals surface area contributed by atoms with Gasteiger partial charge in [-0.05, 0) is 103 Å². The van der Waals surface area contributed by atoms with Crippen LogP contribution in [-0.4, -0.2) is 70.0 Å². The number of hydrogen-bond acceptors (Lipinski definition) is 8. The maximum Gasteiger partial charge on any atom is 0.306 e. The Hall–Kier alpha value is -3.59. The largest absolute Gasteiger partial charge is 0.756 e. The van der Waals surface area contributed by atoms with Crippen LogP contribution < -0.4 is 4.89 Å². The van der Waals surface area contributed by atoms with Crippen LogP contribution in [0.5, 0.6) is 0 Å². The highest BCUT2D eigenvalue weighted by molar-refractivity contribution is 7.45. The van der Waals surface area contributed by atoms with E-state index in [0.717, 1.165) is 103 Å². The zero-order chi connectivity index (χ0) is 64.1. The van der Waals surface area contributed by atoms with Crippen molar-refractivity contribution in [1.29, 1.82) is 0 Å². The van der Waals surface area contributed by atoms with E-state index in [1.54, 1.807) is 0 Å². The highest BCUT2D eigenvalue weighted by Gasteiger charge is 2.22. The number of carbonyl (C=O) groups excluding carboxylic acids is 2. The SMILES string of the molecule is CC/C=C\C/C=C\C/C=C\C/C=C\C/C=C\CCCCCCCCCCCCCCCCCCCCCC(=O)OC(COC(=O)CCCCCCCCCCCCCCC/C=C\C/C=C\C/C=C\C/C=C\C/C=C\CC)COP(=O)([O-])OCC[N+](C)(C)C. The van der Waals surface area contributed by atoms with Crippen molar-refractivity contribution in [3.8, 4) is 0 Å². The fraction of sp³-hybridized carbons (Fsp3) is 0.718. The minimum atomic E-state index is -4.65. The number of phosphoric ester groups is 1. The van der Waals surface area contributed by atoms with Crippen molar-refractivity contribution in [3.63, 3.8) is 0 Å². The highest BCUT2D eigenvalue weighted by Crippen LogP contribution is 2.38. The van der Waals surface area contributed by atoms with E-state index in [2.05, 4.69) is 135 Å². The molecule has 2 atom stereocenters. The number of likely N-dealkylation sites (N-methyl/N-ethyl adjacent to an activating group) is 1. The van der Waals surface area contributed by atoms with Crippen molar-refractivity contribution in [2.75, 3.05) is 47.5 Å². The molecule has 10 heteroatoms. The van der Waals surface area contributed by atoms with Gasteiger partial charge in [-0.2, -0.15) is 0 Å². The summed E-state index contributed by atoms with van der Waals surface area (Å²) in [6, 6.07) is 0. The Bertz CT molecular complexity index is 1900. The Balaban J connectivity index is 4.02. The molecular formula is C78H136NO8P. The Morgan fingerprint density at radius 3 is 0.909 bits per heavy atom. The Morgan fingerprint density at radius 1 is 0.352 bits per heavy atom. The lowest BCUT2D eigenvalue weighted by Crippen LogP contribution is -2.37. The Morgan fingerprint density at radius 2 is 0.614 bits per heavy atom. The topological polar surface area (TPSA) is 111 Å². The van der Waals surface area contributed by atoms with Gasteiger partial charge in [0.2, 0.25) is 0 Å². The third kappa shape index (κ3) is 71.5. The molecule has 88 heavy (non-hydrogen) atoms. The van der Waals surface area contributed by atoms with Crippen molar-refractivity contribution in [1.82, 2.24) is 0 Å². The van der Waals surface area contributed by atoms with Crippen LogP contribution in [0.1, 0.15) is 309 Å². The second-order valence-corrected chi connectivity index (χ2v) is 26.6. The van der Waals surface area contributed by atoms with E-state index in [0.29, 0.717) is 17.4 Å². The van der Waals surface area contributed by atoms with Crippen LogP contribution in [0.25, 0.3) is 0 Å². The van der Waals surface area contributed by atoms with Gasteiger partial charge in [-0.25, -0.2) is 0 Å². The predicted molar refractivity (Wildman–Crippen MR) is 378 cm³/mol. The Kier molecular flexibility index (Phi) is 65.0. The van der Waals surface area contributed by atoms with Crippen LogP contribution in [0, 0.1) is 0 Å². The molecule has 0 radical (unpaired) electrons. The fourth-order valence-corrected chi connectivity index (χ4v) is 10.7. The number of quaternary nitrogens is 1. The molecule has 0 saturated heterocycles. The van der Waals surface area contributed by atoms with E-state index in [-0.39, 0.29) is 32.0 Å². The van der Waals surface area contributed by atoms with E-state index in [4.69, 9.17) is 18.5 Å². The lowest BCUT2D eigenvalue weighted by atomic mass is 10.0. The van der Waals surface area contributed by atoms with Crippen LogP contribution in [0.4, 0.5) is 0 Å². The molecule has 0 aromatic carbocycles. The normalized spacial score (nSPS) is 13.8. The highest BCUT2D eigenvalue weighted by atomic mass is 31.2. The molecule has 0 saturated carbocycles.